The van der Waals surface area contributed by atoms with Crippen molar-refractivity contribution in [1.29, 1.82) is 0 Å². The van der Waals surface area contributed by atoms with Crippen LogP contribution in [0.25, 0.3) is 0 Å². The van der Waals surface area contributed by atoms with Gasteiger partial charge in [-0.25, -0.2) is 4.98 Å². The SMILES string of the molecule is O=Cc1cc(I)cnc1F. The highest BCUT2D eigenvalue weighted by atomic mass is 127. The van der Waals surface area contributed by atoms with Crippen LogP contribution in [0.15, 0.2) is 12.3 Å². The van der Waals surface area contributed by atoms with Crippen molar-refractivity contribution in [3.8, 4) is 0 Å². The number of carbonyl (C=O) groups excluding carboxylic acids is 1. The van der Waals surface area contributed by atoms with E-state index in [4.69, 9.17) is 0 Å². The third-order valence-electron chi connectivity index (χ3n) is 0.960. The van der Waals surface area contributed by atoms with Crippen LogP contribution < -0.4 is 0 Å². The van der Waals surface area contributed by atoms with Gasteiger partial charge in [0.1, 0.15) is 0 Å². The van der Waals surface area contributed by atoms with E-state index in [1.807, 2.05) is 22.6 Å². The molecule has 0 unspecified atom stereocenters. The van der Waals surface area contributed by atoms with E-state index >= 15 is 0 Å². The van der Waals surface area contributed by atoms with E-state index in [9.17, 15) is 9.18 Å². The molecule has 0 aromatic carbocycles. The summed E-state index contributed by atoms with van der Waals surface area (Å²) in [4.78, 5) is 13.4. The van der Waals surface area contributed by atoms with E-state index in [-0.39, 0.29) is 5.56 Å². The molecule has 0 amide bonds. The van der Waals surface area contributed by atoms with Gasteiger partial charge in [0.25, 0.3) is 0 Å². The van der Waals surface area contributed by atoms with Crippen molar-refractivity contribution in [2.24, 2.45) is 0 Å². The van der Waals surface area contributed by atoms with E-state index in [0.29, 0.717) is 6.29 Å². The summed E-state index contributed by atoms with van der Waals surface area (Å²) in [5, 5.41) is 0. The molecule has 0 saturated carbocycles. The average molecular weight is 251 g/mol. The quantitative estimate of drug-likeness (QED) is 0.431. The standard InChI is InChI=1S/C6H3FINO/c7-6-4(3-10)1-5(8)2-9-6/h1-3H. The summed E-state index contributed by atoms with van der Waals surface area (Å²) in [6, 6.07) is 1.44. The van der Waals surface area contributed by atoms with Gasteiger partial charge in [-0.1, -0.05) is 0 Å². The minimum atomic E-state index is -0.713. The molecule has 1 heterocycles. The first-order valence-corrected chi connectivity index (χ1v) is 3.58. The maximum absolute atomic E-state index is 12.4. The van der Waals surface area contributed by atoms with Gasteiger partial charge in [-0.2, -0.15) is 4.39 Å². The molecule has 0 aliphatic rings. The maximum Gasteiger partial charge on any atom is 0.223 e. The highest BCUT2D eigenvalue weighted by Crippen LogP contribution is 2.06. The van der Waals surface area contributed by atoms with Crippen LogP contribution in [-0.2, 0) is 0 Å². The predicted octanol–water partition coefficient (Wildman–Crippen LogP) is 1.64. The van der Waals surface area contributed by atoms with E-state index in [1.165, 1.54) is 12.3 Å². The summed E-state index contributed by atoms with van der Waals surface area (Å²) in [5.74, 6) is -0.713. The van der Waals surface area contributed by atoms with Gasteiger partial charge in [-0.3, -0.25) is 4.79 Å². The van der Waals surface area contributed by atoms with Crippen LogP contribution in [0.2, 0.25) is 0 Å². The van der Waals surface area contributed by atoms with Gasteiger partial charge in [0.05, 0.1) is 5.56 Å². The first-order chi connectivity index (χ1) is 4.74. The number of halogens is 2. The molecule has 0 spiro atoms. The van der Waals surface area contributed by atoms with Crippen molar-refractivity contribution in [2.45, 2.75) is 0 Å². The van der Waals surface area contributed by atoms with E-state index < -0.39 is 5.95 Å². The van der Waals surface area contributed by atoms with Crippen LogP contribution in [0.5, 0.6) is 0 Å². The third kappa shape index (κ3) is 1.50. The van der Waals surface area contributed by atoms with Crippen molar-refractivity contribution >= 4 is 28.9 Å². The number of hydrogen-bond acceptors (Lipinski definition) is 2. The lowest BCUT2D eigenvalue weighted by Gasteiger charge is -1.91. The second-order valence-electron chi connectivity index (χ2n) is 1.65. The summed E-state index contributed by atoms with van der Waals surface area (Å²) < 4.78 is 13.2. The fourth-order valence-electron chi connectivity index (χ4n) is 0.521. The number of carbonyl (C=O) groups is 1. The van der Waals surface area contributed by atoms with Crippen LogP contribution in [0.1, 0.15) is 10.4 Å². The summed E-state index contributed by atoms with van der Waals surface area (Å²) in [6.45, 7) is 0. The van der Waals surface area contributed by atoms with Crippen LogP contribution >= 0.6 is 22.6 Å². The Morgan fingerprint density at radius 3 is 2.90 bits per heavy atom. The average Bonchev–Trinajstić information content (AvgIpc) is 1.94. The predicted molar refractivity (Wildman–Crippen MR) is 42.3 cm³/mol. The largest absolute Gasteiger partial charge is 0.298 e. The Hall–Kier alpha value is -0.520. The Kier molecular flexibility index (Phi) is 2.31. The molecule has 1 rings (SSSR count). The Balaban J connectivity index is 3.21. The monoisotopic (exact) mass is 251 g/mol. The number of rotatable bonds is 1. The number of nitrogens with zero attached hydrogens (tertiary/aromatic N) is 1. The molecule has 0 N–H and O–H groups in total. The lowest BCUT2D eigenvalue weighted by atomic mass is 10.3. The zero-order valence-corrected chi connectivity index (χ0v) is 7.00. The molecular weight excluding hydrogens is 248 g/mol. The van der Waals surface area contributed by atoms with E-state index in [2.05, 4.69) is 4.98 Å². The van der Waals surface area contributed by atoms with Crippen molar-refractivity contribution < 1.29 is 9.18 Å². The summed E-state index contributed by atoms with van der Waals surface area (Å²) >= 11 is 1.96. The molecule has 0 saturated heterocycles. The van der Waals surface area contributed by atoms with Gasteiger partial charge in [-0.15, -0.1) is 0 Å². The Labute approximate surface area is 70.6 Å². The van der Waals surface area contributed by atoms with Crippen molar-refractivity contribution in [3.05, 3.63) is 27.3 Å². The lowest BCUT2D eigenvalue weighted by Crippen LogP contribution is -1.91. The highest BCUT2D eigenvalue weighted by molar-refractivity contribution is 14.1. The second-order valence-corrected chi connectivity index (χ2v) is 2.90. The molecule has 0 radical (unpaired) electrons. The Morgan fingerprint density at radius 2 is 2.40 bits per heavy atom. The molecule has 52 valence electrons. The third-order valence-corrected chi connectivity index (χ3v) is 1.55. The Bertz CT molecular complexity index is 264. The second kappa shape index (κ2) is 3.05. The van der Waals surface area contributed by atoms with Gasteiger partial charge < -0.3 is 0 Å². The van der Waals surface area contributed by atoms with Crippen LogP contribution in [-0.4, -0.2) is 11.3 Å². The molecule has 1 aromatic rings. The lowest BCUT2D eigenvalue weighted by molar-refractivity contribution is 0.111. The molecule has 0 atom stereocenters. The van der Waals surface area contributed by atoms with Gasteiger partial charge >= 0.3 is 0 Å². The van der Waals surface area contributed by atoms with E-state index in [0.717, 1.165) is 3.57 Å². The zero-order valence-electron chi connectivity index (χ0n) is 4.84. The molecule has 4 heteroatoms. The van der Waals surface area contributed by atoms with Crippen molar-refractivity contribution in [3.63, 3.8) is 0 Å². The van der Waals surface area contributed by atoms with Crippen molar-refractivity contribution in [1.82, 2.24) is 4.98 Å². The van der Waals surface area contributed by atoms with Gasteiger partial charge in [0.2, 0.25) is 5.95 Å². The molecule has 0 bridgehead atoms. The normalized spacial score (nSPS) is 9.40. The number of hydrogen-bond donors (Lipinski definition) is 0. The molecule has 1 aromatic heterocycles. The fourth-order valence-corrected chi connectivity index (χ4v) is 0.996. The topological polar surface area (TPSA) is 30.0 Å². The molecule has 10 heavy (non-hydrogen) atoms. The minimum Gasteiger partial charge on any atom is -0.298 e. The van der Waals surface area contributed by atoms with Crippen LogP contribution in [0, 0.1) is 9.52 Å². The molecule has 0 fully saturated rings. The first-order valence-electron chi connectivity index (χ1n) is 2.50. The highest BCUT2D eigenvalue weighted by Gasteiger charge is 2.00. The van der Waals surface area contributed by atoms with Crippen LogP contribution in [0.4, 0.5) is 4.39 Å². The zero-order chi connectivity index (χ0) is 7.56. The summed E-state index contributed by atoms with van der Waals surface area (Å²) in [5.41, 5.74) is 0.00639. The number of pyridine rings is 1. The molecular formula is C6H3FINO. The molecule has 0 aliphatic carbocycles. The minimum absolute atomic E-state index is 0.00639. The number of aromatic nitrogens is 1. The van der Waals surface area contributed by atoms with Gasteiger partial charge in [0.15, 0.2) is 6.29 Å². The molecule has 0 aliphatic heterocycles. The fraction of sp³-hybridized carbons (Fsp3) is 0. The summed E-state index contributed by atoms with van der Waals surface area (Å²) in [6.07, 6.45) is 1.81. The summed E-state index contributed by atoms with van der Waals surface area (Å²) in [7, 11) is 0. The van der Waals surface area contributed by atoms with Crippen molar-refractivity contribution in [2.75, 3.05) is 0 Å². The first kappa shape index (κ1) is 7.59. The van der Waals surface area contributed by atoms with Gasteiger partial charge in [0, 0.05) is 9.77 Å². The smallest absolute Gasteiger partial charge is 0.223 e. The Morgan fingerprint density at radius 1 is 1.70 bits per heavy atom. The van der Waals surface area contributed by atoms with Gasteiger partial charge in [-0.05, 0) is 28.7 Å². The van der Waals surface area contributed by atoms with E-state index in [1.54, 1.807) is 0 Å². The number of aldehydes is 1. The maximum atomic E-state index is 12.4. The molecule has 2 nitrogen and oxygen atoms in total. The van der Waals surface area contributed by atoms with Crippen LogP contribution in [0.3, 0.4) is 0 Å².